The Morgan fingerprint density at radius 3 is 1.68 bits per heavy atom. The van der Waals surface area contributed by atoms with Gasteiger partial charge in [-0.25, -0.2) is 15.0 Å². The normalized spacial score (nSPS) is 12.5. The number of nitrogens with zero attached hydrogens (tertiary/aromatic N) is 3. The molecule has 28 heavy (non-hydrogen) atoms. The zero-order valence-corrected chi connectivity index (χ0v) is 16.0. The minimum Gasteiger partial charge on any atom is -0.250 e. The van der Waals surface area contributed by atoms with E-state index in [1.807, 2.05) is 36.4 Å². The lowest BCUT2D eigenvalue weighted by molar-refractivity contribution is 1.32. The van der Waals surface area contributed by atoms with Crippen molar-refractivity contribution in [2.24, 2.45) is 15.0 Å². The molecule has 0 amide bonds. The van der Waals surface area contributed by atoms with Crippen LogP contribution in [0.1, 0.15) is 11.1 Å². The van der Waals surface area contributed by atoms with Crippen LogP contribution >= 0.6 is 11.6 Å². The summed E-state index contributed by atoms with van der Waals surface area (Å²) >= 11 is 5.91. The van der Waals surface area contributed by atoms with E-state index in [4.69, 9.17) is 16.6 Å². The summed E-state index contributed by atoms with van der Waals surface area (Å²) < 4.78 is 0. The Hall–Kier alpha value is -3.30. The van der Waals surface area contributed by atoms with Crippen LogP contribution in [-0.4, -0.2) is 24.4 Å². The summed E-state index contributed by atoms with van der Waals surface area (Å²) in [6, 6.07) is 28.7. The molecule has 0 heterocycles. The lowest BCUT2D eigenvalue weighted by Crippen LogP contribution is -2.05. The van der Waals surface area contributed by atoms with Crippen LogP contribution in [-0.2, 0) is 0 Å². The summed E-state index contributed by atoms with van der Waals surface area (Å²) in [5, 5.41) is 4.57. The van der Waals surface area contributed by atoms with Gasteiger partial charge in [0, 0.05) is 11.1 Å². The van der Waals surface area contributed by atoms with Crippen molar-refractivity contribution in [3.8, 4) is 0 Å². The quantitative estimate of drug-likeness (QED) is 0.178. The van der Waals surface area contributed by atoms with E-state index in [1.54, 1.807) is 0 Å². The molecule has 0 saturated carbocycles. The van der Waals surface area contributed by atoms with Crippen molar-refractivity contribution >= 4 is 51.5 Å². The summed E-state index contributed by atoms with van der Waals surface area (Å²) in [6.45, 7) is 3.71. The fourth-order valence-electron chi connectivity index (χ4n) is 3.20. The summed E-state index contributed by atoms with van der Waals surface area (Å²) in [5.41, 5.74) is 1.78. The monoisotopic (exact) mass is 383 g/mol. The van der Waals surface area contributed by atoms with Gasteiger partial charge in [0.05, 0.1) is 0 Å². The molecule has 0 unspecified atom stereocenters. The Morgan fingerprint density at radius 2 is 1.18 bits per heavy atom. The van der Waals surface area contributed by atoms with Gasteiger partial charge in [-0.3, -0.25) is 0 Å². The van der Waals surface area contributed by atoms with E-state index in [1.165, 1.54) is 5.39 Å². The van der Waals surface area contributed by atoms with Gasteiger partial charge >= 0.3 is 0 Å². The van der Waals surface area contributed by atoms with Gasteiger partial charge in [-0.15, -0.1) is 11.6 Å². The summed E-state index contributed by atoms with van der Waals surface area (Å²) in [4.78, 5) is 13.2. The largest absolute Gasteiger partial charge is 0.250 e. The Labute approximate surface area is 168 Å². The molecule has 4 aromatic carbocycles. The average Bonchev–Trinajstić information content (AvgIpc) is 2.76. The van der Waals surface area contributed by atoms with Gasteiger partial charge in [0.2, 0.25) is 0 Å². The van der Waals surface area contributed by atoms with Gasteiger partial charge in [0.1, 0.15) is 6.00 Å². The maximum Gasteiger partial charge on any atom is 0.161 e. The molecular formula is C24H18ClN3. The number of alkyl halides is 1. The van der Waals surface area contributed by atoms with Crippen molar-refractivity contribution in [1.29, 1.82) is 0 Å². The fraction of sp³-hybridized carbons (Fsp3) is 0.0417. The van der Waals surface area contributed by atoms with Crippen LogP contribution in [0, 0.1) is 0 Å². The standard InChI is InChI=1S/C24H18ClN3/c1-26-23(21-12-10-17-6-2-4-8-19(17)14-21)28-24(27-16-25)22-13-11-18-7-3-5-9-20(18)15-22/h2-15H,1,16H2. The van der Waals surface area contributed by atoms with Crippen molar-refractivity contribution in [3.05, 3.63) is 96.1 Å². The van der Waals surface area contributed by atoms with Gasteiger partial charge in [0.15, 0.2) is 11.7 Å². The number of hydrogen-bond donors (Lipinski definition) is 0. The van der Waals surface area contributed by atoms with Crippen molar-refractivity contribution < 1.29 is 0 Å². The highest BCUT2D eigenvalue weighted by atomic mass is 35.5. The Balaban J connectivity index is 1.79. The number of hydrogen-bond acceptors (Lipinski definition) is 1. The molecule has 0 aliphatic rings. The summed E-state index contributed by atoms with van der Waals surface area (Å²) in [7, 11) is 0. The first-order valence-electron chi connectivity index (χ1n) is 8.92. The van der Waals surface area contributed by atoms with Crippen LogP contribution in [0.4, 0.5) is 0 Å². The van der Waals surface area contributed by atoms with Crippen molar-refractivity contribution in [2.45, 2.75) is 0 Å². The van der Waals surface area contributed by atoms with Crippen LogP contribution in [0.5, 0.6) is 0 Å². The van der Waals surface area contributed by atoms with Crippen LogP contribution in [0.15, 0.2) is 99.9 Å². The Kier molecular flexibility index (Phi) is 5.27. The first kappa shape index (κ1) is 18.1. The van der Waals surface area contributed by atoms with E-state index < -0.39 is 0 Å². The molecule has 4 heteroatoms. The maximum atomic E-state index is 5.91. The fourth-order valence-corrected chi connectivity index (χ4v) is 3.31. The molecular weight excluding hydrogens is 366 g/mol. The Bertz CT molecular complexity index is 1220. The average molecular weight is 384 g/mol. The lowest BCUT2D eigenvalue weighted by Gasteiger charge is -2.07. The molecule has 136 valence electrons. The van der Waals surface area contributed by atoms with E-state index in [0.717, 1.165) is 27.3 Å². The smallest absolute Gasteiger partial charge is 0.161 e. The molecule has 0 spiro atoms. The van der Waals surface area contributed by atoms with E-state index in [-0.39, 0.29) is 6.00 Å². The third-order valence-corrected chi connectivity index (χ3v) is 4.71. The molecule has 0 radical (unpaired) electrons. The molecule has 0 aliphatic carbocycles. The van der Waals surface area contributed by atoms with Gasteiger partial charge < -0.3 is 0 Å². The summed E-state index contributed by atoms with van der Waals surface area (Å²) in [5.74, 6) is 1.05. The van der Waals surface area contributed by atoms with E-state index in [9.17, 15) is 0 Å². The number of amidine groups is 2. The molecule has 4 rings (SSSR count). The lowest BCUT2D eigenvalue weighted by atomic mass is 10.1. The minimum absolute atomic E-state index is 0.119. The highest BCUT2D eigenvalue weighted by molar-refractivity contribution is 6.20. The van der Waals surface area contributed by atoms with Crippen LogP contribution in [0.2, 0.25) is 0 Å². The zero-order chi connectivity index (χ0) is 19.3. The van der Waals surface area contributed by atoms with Gasteiger partial charge in [0.25, 0.3) is 0 Å². The third kappa shape index (κ3) is 3.71. The van der Waals surface area contributed by atoms with Crippen molar-refractivity contribution in [2.75, 3.05) is 6.00 Å². The zero-order valence-electron chi connectivity index (χ0n) is 15.2. The van der Waals surface area contributed by atoms with E-state index in [0.29, 0.717) is 11.7 Å². The molecule has 0 aliphatic heterocycles. The number of fused-ring (bicyclic) bond motifs is 2. The molecule has 0 saturated heterocycles. The second-order valence-electron chi connectivity index (χ2n) is 6.32. The SMILES string of the molecule is C=NC(=NC(=NCCl)c1ccc2ccccc2c1)c1ccc2ccccc2c1. The molecule has 0 fully saturated rings. The number of rotatable bonds is 3. The van der Waals surface area contributed by atoms with Crippen LogP contribution in [0.3, 0.4) is 0 Å². The molecule has 4 aromatic rings. The van der Waals surface area contributed by atoms with Crippen molar-refractivity contribution in [1.82, 2.24) is 0 Å². The third-order valence-electron chi connectivity index (χ3n) is 4.59. The van der Waals surface area contributed by atoms with Gasteiger partial charge in [-0.2, -0.15) is 0 Å². The van der Waals surface area contributed by atoms with Crippen LogP contribution < -0.4 is 0 Å². The van der Waals surface area contributed by atoms with Crippen LogP contribution in [0.25, 0.3) is 21.5 Å². The van der Waals surface area contributed by atoms with Crippen molar-refractivity contribution in [3.63, 3.8) is 0 Å². The highest BCUT2D eigenvalue weighted by Gasteiger charge is 2.08. The topological polar surface area (TPSA) is 37.1 Å². The molecule has 0 aromatic heterocycles. The minimum atomic E-state index is 0.119. The first-order valence-corrected chi connectivity index (χ1v) is 9.46. The second-order valence-corrected chi connectivity index (χ2v) is 6.56. The molecule has 3 nitrogen and oxygen atoms in total. The number of benzene rings is 4. The molecule has 0 bridgehead atoms. The van der Waals surface area contributed by atoms with Gasteiger partial charge in [-0.1, -0.05) is 72.8 Å². The summed E-state index contributed by atoms with van der Waals surface area (Å²) in [6.07, 6.45) is 0. The Morgan fingerprint density at radius 1 is 0.679 bits per heavy atom. The first-order chi connectivity index (χ1) is 13.8. The predicted octanol–water partition coefficient (Wildman–Crippen LogP) is 6.08. The highest BCUT2D eigenvalue weighted by Crippen LogP contribution is 2.19. The second kappa shape index (κ2) is 8.15. The predicted molar refractivity (Wildman–Crippen MR) is 121 cm³/mol. The molecule has 0 atom stereocenters. The van der Waals surface area contributed by atoms with E-state index >= 15 is 0 Å². The molecule has 0 N–H and O–H groups in total. The van der Waals surface area contributed by atoms with E-state index in [2.05, 4.69) is 65.2 Å². The maximum absolute atomic E-state index is 5.91. The number of halogens is 1. The number of aliphatic imine (C=N–C) groups is 3. The van der Waals surface area contributed by atoms with Gasteiger partial charge in [-0.05, 0) is 40.4 Å².